The Morgan fingerprint density at radius 2 is 2.50 bits per heavy atom. The van der Waals surface area contributed by atoms with Crippen LogP contribution in [0, 0.1) is 6.92 Å². The highest BCUT2D eigenvalue weighted by molar-refractivity contribution is 5.83. The molecule has 1 aliphatic rings. The minimum absolute atomic E-state index is 0.0683. The van der Waals surface area contributed by atoms with Crippen molar-refractivity contribution in [2.75, 3.05) is 6.54 Å². The Kier molecular flexibility index (Phi) is 2.30. The maximum absolute atomic E-state index is 11.2. The molecule has 1 aromatic rings. The summed E-state index contributed by atoms with van der Waals surface area (Å²) in [4.78, 5) is 19.2. The topological polar surface area (TPSA) is 64.1 Å². The van der Waals surface area contributed by atoms with Gasteiger partial charge in [0.1, 0.15) is 5.82 Å². The third kappa shape index (κ3) is 1.81. The number of ether oxygens (including phenoxy) is 1. The number of nitrogens with one attached hydrogen (secondary N) is 1. The van der Waals surface area contributed by atoms with Crippen molar-refractivity contribution in [2.45, 2.75) is 19.4 Å². The van der Waals surface area contributed by atoms with Gasteiger partial charge in [-0.2, -0.15) is 4.98 Å². The van der Waals surface area contributed by atoms with Crippen LogP contribution in [0.4, 0.5) is 0 Å². The van der Waals surface area contributed by atoms with Crippen LogP contribution in [0.2, 0.25) is 0 Å². The fourth-order valence-corrected chi connectivity index (χ4v) is 1.33. The molecule has 1 saturated heterocycles. The fraction of sp³-hybridized carbons (Fsp3) is 0.444. The molecule has 0 aliphatic carbocycles. The number of rotatable bonds is 2. The summed E-state index contributed by atoms with van der Waals surface area (Å²) in [7, 11) is 0. The van der Waals surface area contributed by atoms with Crippen LogP contribution < -0.4 is 10.1 Å². The first-order valence-corrected chi connectivity index (χ1v) is 4.50. The van der Waals surface area contributed by atoms with E-state index in [1.165, 1.54) is 0 Å². The van der Waals surface area contributed by atoms with Crippen LogP contribution in [0.1, 0.15) is 12.2 Å². The highest BCUT2D eigenvalue weighted by atomic mass is 16.5. The zero-order chi connectivity index (χ0) is 9.97. The lowest BCUT2D eigenvalue weighted by molar-refractivity contribution is -0.125. The van der Waals surface area contributed by atoms with Crippen molar-refractivity contribution in [1.29, 1.82) is 0 Å². The standard InChI is InChI=1S/C9H11N3O2/c1-6-10-5-3-8(12-6)14-7-2-4-11-9(7)13/h3,5,7H,2,4H2,1H3,(H,11,13). The Labute approximate surface area is 81.5 Å². The van der Waals surface area contributed by atoms with Gasteiger partial charge in [0, 0.05) is 25.2 Å². The summed E-state index contributed by atoms with van der Waals surface area (Å²) in [5, 5.41) is 2.70. The van der Waals surface area contributed by atoms with Crippen molar-refractivity contribution in [2.24, 2.45) is 0 Å². The summed E-state index contributed by atoms with van der Waals surface area (Å²) in [6, 6.07) is 1.65. The summed E-state index contributed by atoms with van der Waals surface area (Å²) in [6.07, 6.45) is 1.91. The minimum Gasteiger partial charge on any atom is -0.464 e. The van der Waals surface area contributed by atoms with Crippen molar-refractivity contribution in [1.82, 2.24) is 15.3 Å². The van der Waals surface area contributed by atoms with Crippen molar-refractivity contribution in [3.8, 4) is 5.88 Å². The largest absolute Gasteiger partial charge is 0.464 e. The first kappa shape index (κ1) is 8.93. The molecule has 5 nitrogen and oxygen atoms in total. The molecule has 2 heterocycles. The molecule has 0 bridgehead atoms. The van der Waals surface area contributed by atoms with E-state index in [1.54, 1.807) is 19.2 Å². The van der Waals surface area contributed by atoms with Crippen molar-refractivity contribution in [3.63, 3.8) is 0 Å². The van der Waals surface area contributed by atoms with Crippen LogP contribution in [0.25, 0.3) is 0 Å². The van der Waals surface area contributed by atoms with E-state index in [-0.39, 0.29) is 5.91 Å². The number of nitrogens with zero attached hydrogens (tertiary/aromatic N) is 2. The summed E-state index contributed by atoms with van der Waals surface area (Å²) < 4.78 is 5.41. The zero-order valence-corrected chi connectivity index (χ0v) is 7.86. The smallest absolute Gasteiger partial charge is 0.261 e. The number of hydrogen-bond acceptors (Lipinski definition) is 4. The molecule has 1 amide bonds. The summed E-state index contributed by atoms with van der Waals surface area (Å²) >= 11 is 0. The van der Waals surface area contributed by atoms with Crippen molar-refractivity contribution >= 4 is 5.91 Å². The van der Waals surface area contributed by atoms with Crippen LogP contribution in [0.3, 0.4) is 0 Å². The Hall–Kier alpha value is -1.65. The van der Waals surface area contributed by atoms with E-state index < -0.39 is 6.10 Å². The third-order valence-electron chi connectivity index (χ3n) is 2.01. The first-order valence-electron chi connectivity index (χ1n) is 4.50. The lowest BCUT2D eigenvalue weighted by Crippen LogP contribution is -2.28. The SMILES string of the molecule is Cc1nccc(OC2CCNC2=O)n1. The Balaban J connectivity index is 2.07. The van der Waals surface area contributed by atoms with Gasteiger partial charge in [-0.25, -0.2) is 4.98 Å². The van der Waals surface area contributed by atoms with E-state index in [1.807, 2.05) is 0 Å². The van der Waals surface area contributed by atoms with E-state index in [0.717, 1.165) is 0 Å². The van der Waals surface area contributed by atoms with Gasteiger partial charge in [-0.1, -0.05) is 0 Å². The van der Waals surface area contributed by atoms with Gasteiger partial charge in [-0.05, 0) is 6.92 Å². The molecule has 1 atom stereocenters. The van der Waals surface area contributed by atoms with Crippen LogP contribution in [-0.2, 0) is 4.79 Å². The van der Waals surface area contributed by atoms with E-state index in [9.17, 15) is 4.79 Å². The van der Waals surface area contributed by atoms with Crippen molar-refractivity contribution < 1.29 is 9.53 Å². The zero-order valence-electron chi connectivity index (χ0n) is 7.86. The fourth-order valence-electron chi connectivity index (χ4n) is 1.33. The molecule has 1 aromatic heterocycles. The van der Waals surface area contributed by atoms with E-state index in [4.69, 9.17) is 4.74 Å². The maximum Gasteiger partial charge on any atom is 0.261 e. The van der Waals surface area contributed by atoms with Gasteiger partial charge in [0.25, 0.3) is 5.91 Å². The quantitative estimate of drug-likeness (QED) is 0.721. The minimum atomic E-state index is -0.399. The molecule has 2 rings (SSSR count). The van der Waals surface area contributed by atoms with Gasteiger partial charge in [-0.3, -0.25) is 4.79 Å². The van der Waals surface area contributed by atoms with E-state index in [0.29, 0.717) is 24.7 Å². The number of carbonyl (C=O) groups excluding carboxylic acids is 1. The summed E-state index contributed by atoms with van der Waals surface area (Å²) in [5.74, 6) is 1.03. The molecular formula is C9H11N3O2. The maximum atomic E-state index is 11.2. The van der Waals surface area contributed by atoms with Crippen LogP contribution in [-0.4, -0.2) is 28.5 Å². The van der Waals surface area contributed by atoms with Crippen LogP contribution >= 0.6 is 0 Å². The van der Waals surface area contributed by atoms with E-state index >= 15 is 0 Å². The third-order valence-corrected chi connectivity index (χ3v) is 2.01. The molecular weight excluding hydrogens is 182 g/mol. The first-order chi connectivity index (χ1) is 6.75. The monoisotopic (exact) mass is 193 g/mol. The van der Waals surface area contributed by atoms with Crippen LogP contribution in [0.15, 0.2) is 12.3 Å². The summed E-state index contributed by atoms with van der Waals surface area (Å²) in [5.41, 5.74) is 0. The highest BCUT2D eigenvalue weighted by Crippen LogP contribution is 2.11. The molecule has 1 fully saturated rings. The Bertz CT molecular complexity index is 354. The van der Waals surface area contributed by atoms with Crippen LogP contribution in [0.5, 0.6) is 5.88 Å². The second kappa shape index (κ2) is 3.61. The lowest BCUT2D eigenvalue weighted by Gasteiger charge is -2.09. The van der Waals surface area contributed by atoms with Gasteiger partial charge in [-0.15, -0.1) is 0 Å². The molecule has 0 saturated carbocycles. The van der Waals surface area contributed by atoms with Gasteiger partial charge < -0.3 is 10.1 Å². The molecule has 74 valence electrons. The second-order valence-electron chi connectivity index (χ2n) is 3.13. The van der Waals surface area contributed by atoms with Gasteiger partial charge >= 0.3 is 0 Å². The predicted molar refractivity (Wildman–Crippen MR) is 48.8 cm³/mol. The lowest BCUT2D eigenvalue weighted by atomic mass is 10.3. The van der Waals surface area contributed by atoms with Gasteiger partial charge in [0.15, 0.2) is 6.10 Å². The molecule has 0 aromatic carbocycles. The second-order valence-corrected chi connectivity index (χ2v) is 3.13. The molecule has 14 heavy (non-hydrogen) atoms. The van der Waals surface area contributed by atoms with Crippen molar-refractivity contribution in [3.05, 3.63) is 18.1 Å². The highest BCUT2D eigenvalue weighted by Gasteiger charge is 2.26. The Morgan fingerprint density at radius 3 is 3.14 bits per heavy atom. The molecule has 1 aliphatic heterocycles. The average Bonchev–Trinajstić information content (AvgIpc) is 2.52. The van der Waals surface area contributed by atoms with Gasteiger partial charge in [0.2, 0.25) is 5.88 Å². The molecule has 1 unspecified atom stereocenters. The van der Waals surface area contributed by atoms with E-state index in [2.05, 4.69) is 15.3 Å². The van der Waals surface area contributed by atoms with Gasteiger partial charge in [0.05, 0.1) is 0 Å². The normalized spacial score (nSPS) is 20.6. The number of hydrogen-bond donors (Lipinski definition) is 1. The number of aryl methyl sites for hydroxylation is 1. The molecule has 0 spiro atoms. The number of amides is 1. The molecule has 1 N–H and O–H groups in total. The molecule has 0 radical (unpaired) electrons. The number of carbonyl (C=O) groups is 1. The number of aromatic nitrogens is 2. The summed E-state index contributed by atoms with van der Waals surface area (Å²) in [6.45, 7) is 2.45. The Morgan fingerprint density at radius 1 is 1.64 bits per heavy atom. The molecule has 5 heteroatoms. The average molecular weight is 193 g/mol. The predicted octanol–water partition coefficient (Wildman–Crippen LogP) is 0.0523.